The van der Waals surface area contributed by atoms with Crippen LogP contribution >= 0.6 is 0 Å². The van der Waals surface area contributed by atoms with Crippen molar-refractivity contribution in [1.82, 2.24) is 10.2 Å². The second kappa shape index (κ2) is 17.8. The van der Waals surface area contributed by atoms with Crippen LogP contribution in [0, 0.1) is 6.92 Å². The van der Waals surface area contributed by atoms with Crippen LogP contribution in [0.25, 0.3) is 5.70 Å². The smallest absolute Gasteiger partial charge is 0.0728 e. The third-order valence-corrected chi connectivity index (χ3v) is 5.34. The number of rotatable bonds is 21. The number of anilines is 1. The normalized spacial score (nSPS) is 11.5. The minimum Gasteiger partial charge on any atom is -0.390 e. The number of benzene rings is 1. The Morgan fingerprint density at radius 2 is 1.71 bits per heavy atom. The average molecular weight is 473 g/mol. The van der Waals surface area contributed by atoms with Crippen LogP contribution in [0.3, 0.4) is 0 Å². The molecule has 7 heteroatoms. The molecule has 0 amide bonds. The summed E-state index contributed by atoms with van der Waals surface area (Å²) >= 11 is 0. The van der Waals surface area contributed by atoms with E-state index >= 15 is 0 Å². The highest BCUT2D eigenvalue weighted by atomic mass is 16.5. The fraction of sp³-hybridized carbons (Fsp3) is 0.481. The van der Waals surface area contributed by atoms with Gasteiger partial charge in [0.25, 0.3) is 0 Å². The van der Waals surface area contributed by atoms with Crippen LogP contribution in [-0.2, 0) is 14.2 Å². The van der Waals surface area contributed by atoms with E-state index in [0.29, 0.717) is 52.7 Å². The third kappa shape index (κ3) is 10.6. The number of hydrogen-bond donors (Lipinski definition) is 3. The zero-order valence-corrected chi connectivity index (χ0v) is 21.1. The minimum atomic E-state index is 0.0341. The van der Waals surface area contributed by atoms with Crippen molar-refractivity contribution in [3.8, 4) is 0 Å². The fourth-order valence-electron chi connectivity index (χ4n) is 3.42. The molecule has 0 saturated carbocycles. The molecule has 0 bridgehead atoms. The maximum absolute atomic E-state index is 5.64. The molecule has 0 radical (unpaired) electrons. The molecule has 0 aromatic heterocycles. The molecule has 34 heavy (non-hydrogen) atoms. The van der Waals surface area contributed by atoms with Gasteiger partial charge in [0, 0.05) is 42.8 Å². The predicted molar refractivity (Wildman–Crippen MR) is 144 cm³/mol. The second-order valence-electron chi connectivity index (χ2n) is 7.78. The minimum absolute atomic E-state index is 0.0341. The summed E-state index contributed by atoms with van der Waals surface area (Å²) in [5, 5.41) is 6.60. The molecule has 0 aliphatic carbocycles. The van der Waals surface area contributed by atoms with Gasteiger partial charge in [-0.1, -0.05) is 31.9 Å². The second-order valence-corrected chi connectivity index (χ2v) is 7.78. The number of nitrogens with zero attached hydrogens (tertiary/aromatic N) is 1. The summed E-state index contributed by atoms with van der Waals surface area (Å²) in [6.45, 7) is 23.1. The first kappa shape index (κ1) is 29.5. The molecule has 0 fully saturated rings. The molecule has 1 aromatic carbocycles. The summed E-state index contributed by atoms with van der Waals surface area (Å²) in [5.41, 5.74) is 10.4. The maximum Gasteiger partial charge on any atom is 0.0728 e. The highest BCUT2D eigenvalue weighted by molar-refractivity contribution is 5.70. The van der Waals surface area contributed by atoms with Gasteiger partial charge in [-0.25, -0.2) is 0 Å². The van der Waals surface area contributed by atoms with Crippen molar-refractivity contribution < 1.29 is 14.2 Å². The molecule has 1 aromatic rings. The molecule has 0 aliphatic rings. The molecular formula is C27H44N4O3. The van der Waals surface area contributed by atoms with E-state index in [4.69, 9.17) is 19.9 Å². The first-order valence-electron chi connectivity index (χ1n) is 11.9. The SMILES string of the molecule is C=CCCC(C(=C)NC)N(C=C)C(=C)c1cc(NCCOCCOCCOCCN)ccc1C. The van der Waals surface area contributed by atoms with E-state index in [-0.39, 0.29) is 6.04 Å². The van der Waals surface area contributed by atoms with E-state index in [0.717, 1.165) is 41.1 Å². The van der Waals surface area contributed by atoms with Crippen molar-refractivity contribution in [3.05, 3.63) is 73.6 Å². The number of nitrogens with two attached hydrogens (primary N) is 1. The lowest BCUT2D eigenvalue weighted by atomic mass is 10.0. The Balaban J connectivity index is 2.59. The molecular weight excluding hydrogens is 428 g/mol. The summed E-state index contributed by atoms with van der Waals surface area (Å²) < 4.78 is 16.3. The van der Waals surface area contributed by atoms with Gasteiger partial charge in [0.2, 0.25) is 0 Å². The van der Waals surface area contributed by atoms with E-state index < -0.39 is 0 Å². The highest BCUT2D eigenvalue weighted by Gasteiger charge is 2.21. The van der Waals surface area contributed by atoms with Crippen LogP contribution < -0.4 is 16.4 Å². The van der Waals surface area contributed by atoms with Gasteiger partial charge in [0.05, 0.1) is 45.7 Å². The summed E-state index contributed by atoms with van der Waals surface area (Å²) in [5.74, 6) is 0. The molecule has 1 atom stereocenters. The first-order chi connectivity index (χ1) is 16.5. The van der Waals surface area contributed by atoms with Crippen molar-refractivity contribution in [1.29, 1.82) is 0 Å². The Labute approximate surface area is 206 Å². The van der Waals surface area contributed by atoms with Gasteiger partial charge in [-0.05, 0) is 43.7 Å². The van der Waals surface area contributed by atoms with E-state index in [9.17, 15) is 0 Å². The molecule has 0 heterocycles. The third-order valence-electron chi connectivity index (χ3n) is 5.34. The van der Waals surface area contributed by atoms with Crippen LogP contribution in [-0.4, -0.2) is 70.7 Å². The predicted octanol–water partition coefficient (Wildman–Crippen LogP) is 3.90. The number of allylic oxidation sites excluding steroid dienone is 1. The van der Waals surface area contributed by atoms with Crippen LogP contribution in [0.5, 0.6) is 0 Å². The fourth-order valence-corrected chi connectivity index (χ4v) is 3.42. The highest BCUT2D eigenvalue weighted by Crippen LogP contribution is 2.29. The monoisotopic (exact) mass is 472 g/mol. The van der Waals surface area contributed by atoms with Crippen LogP contribution in [0.15, 0.2) is 62.5 Å². The standard InChI is InChI=1S/C27H44N4O3/c1-7-9-10-27(23(4)29-6)31(8-2)24(5)26-21-25(12-11-22(26)3)30-14-16-33-18-20-34-19-17-32-15-13-28/h7-8,11-12,21,27,29-30H,1-2,4-5,9-10,13-20,28H2,3,6H3. The number of nitrogens with one attached hydrogen (secondary N) is 2. The van der Waals surface area contributed by atoms with Gasteiger partial charge in [0.15, 0.2) is 0 Å². The summed E-state index contributed by atoms with van der Waals surface area (Å²) in [6, 6.07) is 6.31. The van der Waals surface area contributed by atoms with Gasteiger partial charge in [-0.15, -0.1) is 6.58 Å². The van der Waals surface area contributed by atoms with Crippen LogP contribution in [0.1, 0.15) is 24.0 Å². The van der Waals surface area contributed by atoms with Crippen molar-refractivity contribution in [3.63, 3.8) is 0 Å². The molecule has 4 N–H and O–H groups in total. The van der Waals surface area contributed by atoms with Crippen molar-refractivity contribution in [2.45, 2.75) is 25.8 Å². The van der Waals surface area contributed by atoms with E-state index in [1.807, 2.05) is 19.3 Å². The molecule has 190 valence electrons. The lowest BCUT2D eigenvalue weighted by Crippen LogP contribution is -2.35. The lowest BCUT2D eigenvalue weighted by Gasteiger charge is -2.34. The number of aryl methyl sites for hydroxylation is 1. The Morgan fingerprint density at radius 1 is 1.06 bits per heavy atom. The average Bonchev–Trinajstić information content (AvgIpc) is 2.85. The van der Waals surface area contributed by atoms with E-state index in [1.165, 1.54) is 0 Å². The number of hydrogen-bond acceptors (Lipinski definition) is 7. The Hall–Kier alpha value is -2.58. The summed E-state index contributed by atoms with van der Waals surface area (Å²) in [6.07, 6.45) is 5.48. The number of likely N-dealkylation sites (N-methyl/N-ethyl adjacent to an activating group) is 1. The first-order valence-corrected chi connectivity index (χ1v) is 11.9. The van der Waals surface area contributed by atoms with Gasteiger partial charge in [-0.3, -0.25) is 0 Å². The van der Waals surface area contributed by atoms with Gasteiger partial charge >= 0.3 is 0 Å². The molecule has 1 unspecified atom stereocenters. The van der Waals surface area contributed by atoms with Crippen molar-refractivity contribution in [2.75, 3.05) is 65.1 Å². The maximum atomic E-state index is 5.64. The largest absolute Gasteiger partial charge is 0.390 e. The zero-order chi connectivity index (χ0) is 25.2. The zero-order valence-electron chi connectivity index (χ0n) is 21.1. The quantitative estimate of drug-likeness (QED) is 0.185. The van der Waals surface area contributed by atoms with Gasteiger partial charge in [0.1, 0.15) is 0 Å². The molecule has 0 saturated heterocycles. The molecule has 0 spiro atoms. The van der Waals surface area contributed by atoms with Crippen molar-refractivity contribution >= 4 is 11.4 Å². The van der Waals surface area contributed by atoms with Gasteiger partial charge in [-0.2, -0.15) is 0 Å². The van der Waals surface area contributed by atoms with E-state index in [1.54, 1.807) is 0 Å². The Morgan fingerprint density at radius 3 is 2.29 bits per heavy atom. The lowest BCUT2D eigenvalue weighted by molar-refractivity contribution is 0.0179. The molecule has 7 nitrogen and oxygen atoms in total. The van der Waals surface area contributed by atoms with Gasteiger partial charge < -0.3 is 35.5 Å². The number of ether oxygens (including phenoxy) is 3. The molecule has 0 aliphatic heterocycles. The van der Waals surface area contributed by atoms with Crippen LogP contribution in [0.2, 0.25) is 0 Å². The topological polar surface area (TPSA) is 81.0 Å². The van der Waals surface area contributed by atoms with Crippen molar-refractivity contribution in [2.24, 2.45) is 5.73 Å². The molecule has 1 rings (SSSR count). The Bertz CT molecular complexity index is 766. The Kier molecular flexibility index (Phi) is 15.5. The van der Waals surface area contributed by atoms with E-state index in [2.05, 4.69) is 67.0 Å². The van der Waals surface area contributed by atoms with Crippen LogP contribution in [0.4, 0.5) is 5.69 Å². The summed E-state index contributed by atoms with van der Waals surface area (Å²) in [7, 11) is 1.88. The summed E-state index contributed by atoms with van der Waals surface area (Å²) in [4.78, 5) is 2.08.